The maximum atomic E-state index is 6.17. The molecule has 1 heterocycles. The molecule has 0 amide bonds. The van der Waals surface area contributed by atoms with E-state index in [-0.39, 0.29) is 16.7 Å². The zero-order valence-electron chi connectivity index (χ0n) is 14.2. The molecule has 1 aliphatic rings. The zero-order chi connectivity index (χ0) is 14.9. The van der Waals surface area contributed by atoms with Gasteiger partial charge in [0.05, 0.1) is 11.2 Å². The van der Waals surface area contributed by atoms with Crippen LogP contribution in [0.5, 0.6) is 0 Å². The van der Waals surface area contributed by atoms with Gasteiger partial charge in [-0.3, -0.25) is 0 Å². The highest BCUT2D eigenvalue weighted by molar-refractivity contribution is 5.13. The quantitative estimate of drug-likeness (QED) is 0.605. The summed E-state index contributed by atoms with van der Waals surface area (Å²) in [6, 6.07) is 0. The monoisotopic (exact) mass is 267 g/mol. The number of ether oxygens (including phenoxy) is 1. The van der Waals surface area contributed by atoms with Crippen molar-refractivity contribution < 1.29 is 4.74 Å². The van der Waals surface area contributed by atoms with Gasteiger partial charge in [0.2, 0.25) is 0 Å². The molecule has 19 heavy (non-hydrogen) atoms. The highest BCUT2D eigenvalue weighted by Gasteiger charge is 2.46. The van der Waals surface area contributed by atoms with Crippen molar-refractivity contribution in [3.8, 4) is 0 Å². The first kappa shape index (κ1) is 16.7. The molecule has 0 aliphatic carbocycles. The fourth-order valence-electron chi connectivity index (χ4n) is 3.16. The summed E-state index contributed by atoms with van der Waals surface area (Å²) in [4.78, 5) is 0. The van der Waals surface area contributed by atoms with Gasteiger partial charge in [-0.25, -0.2) is 0 Å². The number of hydrogen-bond acceptors (Lipinski definition) is 2. The second-order valence-electron chi connectivity index (χ2n) is 8.14. The molecule has 1 N–H and O–H groups in total. The summed E-state index contributed by atoms with van der Waals surface area (Å²) >= 11 is 0. The molecule has 0 aromatic carbocycles. The summed E-state index contributed by atoms with van der Waals surface area (Å²) < 4.78 is 6.17. The normalized spacial score (nSPS) is 26.7. The van der Waals surface area contributed by atoms with Crippen LogP contribution in [0, 0.1) is 5.92 Å². The van der Waals surface area contributed by atoms with E-state index in [0.717, 1.165) is 19.4 Å². The van der Waals surface area contributed by atoms with Crippen LogP contribution in [0.3, 0.4) is 0 Å². The third-order valence-electron chi connectivity index (χ3n) is 3.89. The van der Waals surface area contributed by atoms with E-state index in [0.29, 0.717) is 5.92 Å². The highest BCUT2D eigenvalue weighted by Crippen LogP contribution is 2.45. The minimum absolute atomic E-state index is 0.00687. The van der Waals surface area contributed by atoms with Crippen molar-refractivity contribution in [2.45, 2.75) is 85.0 Å². The lowest BCUT2D eigenvalue weighted by atomic mass is 9.82. The standard InChI is InChI=1S/C17H33NO/c1-13(10-9-11-18-15(2,3)4)14-12-16(5,6)19-17(14,7)8/h10,14,18H,9,11-12H2,1-8H3. The molecule has 0 aromatic heterocycles. The Bertz CT molecular complexity index is 334. The first-order valence-corrected chi connectivity index (χ1v) is 7.55. The van der Waals surface area contributed by atoms with Gasteiger partial charge < -0.3 is 10.1 Å². The van der Waals surface area contributed by atoms with Crippen LogP contribution in [0.2, 0.25) is 0 Å². The lowest BCUT2D eigenvalue weighted by Gasteiger charge is -2.28. The Balaban J connectivity index is 2.55. The van der Waals surface area contributed by atoms with Crippen molar-refractivity contribution in [2.75, 3.05) is 6.54 Å². The summed E-state index contributed by atoms with van der Waals surface area (Å²) in [6.45, 7) is 18.8. The van der Waals surface area contributed by atoms with Crippen molar-refractivity contribution in [1.82, 2.24) is 5.32 Å². The van der Waals surface area contributed by atoms with E-state index >= 15 is 0 Å². The largest absolute Gasteiger partial charge is 0.369 e. The van der Waals surface area contributed by atoms with Crippen LogP contribution in [0.25, 0.3) is 0 Å². The molecular formula is C17H33NO. The molecule has 2 heteroatoms. The molecule has 1 aliphatic heterocycles. The molecule has 0 radical (unpaired) electrons. The van der Waals surface area contributed by atoms with E-state index < -0.39 is 0 Å². The first-order valence-electron chi connectivity index (χ1n) is 7.55. The van der Waals surface area contributed by atoms with Gasteiger partial charge in [0.15, 0.2) is 0 Å². The van der Waals surface area contributed by atoms with Crippen LogP contribution < -0.4 is 5.32 Å². The van der Waals surface area contributed by atoms with Gasteiger partial charge in [0, 0.05) is 11.5 Å². The van der Waals surface area contributed by atoms with Gasteiger partial charge >= 0.3 is 0 Å². The number of rotatable bonds is 4. The Morgan fingerprint density at radius 2 is 1.84 bits per heavy atom. The second kappa shape index (κ2) is 5.57. The molecular weight excluding hydrogens is 234 g/mol. The summed E-state index contributed by atoms with van der Waals surface area (Å²) in [5, 5.41) is 3.53. The Morgan fingerprint density at radius 3 is 2.26 bits per heavy atom. The molecule has 2 nitrogen and oxygen atoms in total. The van der Waals surface area contributed by atoms with Gasteiger partial charge in [0.25, 0.3) is 0 Å². The summed E-state index contributed by atoms with van der Waals surface area (Å²) in [6.07, 6.45) is 4.60. The van der Waals surface area contributed by atoms with E-state index in [1.54, 1.807) is 0 Å². The molecule has 112 valence electrons. The Labute approximate surface area is 120 Å². The first-order chi connectivity index (χ1) is 8.43. The van der Waals surface area contributed by atoms with Crippen LogP contribution in [0.4, 0.5) is 0 Å². The van der Waals surface area contributed by atoms with E-state index in [9.17, 15) is 0 Å². The zero-order valence-corrected chi connectivity index (χ0v) is 14.2. The van der Waals surface area contributed by atoms with Crippen molar-refractivity contribution in [1.29, 1.82) is 0 Å². The fourth-order valence-corrected chi connectivity index (χ4v) is 3.16. The molecule has 1 unspecified atom stereocenters. The van der Waals surface area contributed by atoms with E-state index in [1.165, 1.54) is 5.57 Å². The second-order valence-corrected chi connectivity index (χ2v) is 8.14. The summed E-state index contributed by atoms with van der Waals surface area (Å²) in [5.41, 5.74) is 1.65. The third-order valence-corrected chi connectivity index (χ3v) is 3.89. The van der Waals surface area contributed by atoms with Crippen LogP contribution >= 0.6 is 0 Å². The van der Waals surface area contributed by atoms with Crippen molar-refractivity contribution in [2.24, 2.45) is 5.92 Å². The molecule has 0 saturated carbocycles. The van der Waals surface area contributed by atoms with Crippen molar-refractivity contribution in [3.05, 3.63) is 11.6 Å². The summed E-state index contributed by atoms with van der Waals surface area (Å²) in [7, 11) is 0. The molecule has 1 fully saturated rings. The van der Waals surface area contributed by atoms with Gasteiger partial charge in [-0.15, -0.1) is 0 Å². The minimum atomic E-state index is -0.0401. The molecule has 0 aromatic rings. The third kappa shape index (κ3) is 5.27. The van der Waals surface area contributed by atoms with E-state index in [2.05, 4.69) is 66.8 Å². The molecule has 0 bridgehead atoms. The predicted octanol–water partition coefficient (Wildman–Crippen LogP) is 4.30. The van der Waals surface area contributed by atoms with Crippen molar-refractivity contribution in [3.63, 3.8) is 0 Å². The summed E-state index contributed by atoms with van der Waals surface area (Å²) in [5.74, 6) is 0.539. The molecule has 1 saturated heterocycles. The van der Waals surface area contributed by atoms with E-state index in [4.69, 9.17) is 4.74 Å². The Hall–Kier alpha value is -0.340. The van der Waals surface area contributed by atoms with Crippen LogP contribution in [-0.4, -0.2) is 23.3 Å². The molecule has 0 spiro atoms. The molecule has 1 atom stereocenters. The van der Waals surface area contributed by atoms with Crippen LogP contribution in [-0.2, 0) is 4.74 Å². The molecule has 1 rings (SSSR count). The maximum absolute atomic E-state index is 6.17. The number of hydrogen-bond donors (Lipinski definition) is 1. The predicted molar refractivity (Wildman–Crippen MR) is 83.5 cm³/mol. The van der Waals surface area contributed by atoms with Crippen molar-refractivity contribution >= 4 is 0 Å². The van der Waals surface area contributed by atoms with Crippen LogP contribution in [0.15, 0.2) is 11.6 Å². The Morgan fingerprint density at radius 1 is 1.26 bits per heavy atom. The average Bonchev–Trinajstić information content (AvgIpc) is 2.40. The SMILES string of the molecule is CC(=CCCNC(C)(C)C)C1CC(C)(C)OC1(C)C. The van der Waals surface area contributed by atoms with E-state index in [1.807, 2.05) is 0 Å². The van der Waals surface area contributed by atoms with Gasteiger partial charge in [0.1, 0.15) is 0 Å². The highest BCUT2D eigenvalue weighted by atomic mass is 16.5. The number of nitrogens with one attached hydrogen (secondary N) is 1. The van der Waals surface area contributed by atoms with Crippen LogP contribution in [0.1, 0.15) is 68.2 Å². The topological polar surface area (TPSA) is 21.3 Å². The fraction of sp³-hybridized carbons (Fsp3) is 0.882. The lowest BCUT2D eigenvalue weighted by molar-refractivity contribution is -0.0714. The Kier molecular flexibility index (Phi) is 4.90. The smallest absolute Gasteiger partial charge is 0.0699 e. The lowest BCUT2D eigenvalue weighted by Crippen LogP contribution is -2.36. The maximum Gasteiger partial charge on any atom is 0.0699 e. The minimum Gasteiger partial charge on any atom is -0.369 e. The van der Waals surface area contributed by atoms with Gasteiger partial charge in [-0.1, -0.05) is 11.6 Å². The van der Waals surface area contributed by atoms with Gasteiger partial charge in [-0.05, 0) is 74.8 Å². The average molecular weight is 267 g/mol. The van der Waals surface area contributed by atoms with Gasteiger partial charge in [-0.2, -0.15) is 0 Å².